The molecule has 0 saturated heterocycles. The number of aryl methyl sites for hydroxylation is 1. The first-order chi connectivity index (χ1) is 8.25. The Bertz CT molecular complexity index is 409. The minimum absolute atomic E-state index is 0.0950. The lowest BCUT2D eigenvalue weighted by molar-refractivity contribution is -0.125. The van der Waals surface area contributed by atoms with Crippen LogP contribution in [0.25, 0.3) is 0 Å². The van der Waals surface area contributed by atoms with Gasteiger partial charge in [0, 0.05) is 5.38 Å². The Kier molecular flexibility index (Phi) is 4.87. The van der Waals surface area contributed by atoms with Crippen molar-refractivity contribution in [3.63, 3.8) is 0 Å². The number of carbonyl (C=O) groups is 1. The van der Waals surface area contributed by atoms with Crippen LogP contribution in [0, 0.1) is 5.41 Å². The summed E-state index contributed by atoms with van der Waals surface area (Å²) >= 11 is 1.63. The number of rotatable bonds is 4. The van der Waals surface area contributed by atoms with Crippen molar-refractivity contribution < 1.29 is 4.79 Å². The summed E-state index contributed by atoms with van der Waals surface area (Å²) in [6.45, 7) is 9.88. The largest absolute Gasteiger partial charge is 0.347 e. The first-order valence-electron chi connectivity index (χ1n) is 6.26. The number of nitrogens with one attached hydrogen (secondary N) is 1. The second kappa shape index (κ2) is 5.80. The number of nitrogens with zero attached hydrogens (tertiary/aromatic N) is 1. The molecule has 0 radical (unpaired) electrons. The van der Waals surface area contributed by atoms with Crippen LogP contribution in [0.5, 0.6) is 0 Å². The third-order valence-electron chi connectivity index (χ3n) is 2.89. The van der Waals surface area contributed by atoms with E-state index in [2.05, 4.69) is 17.2 Å². The molecule has 0 aliphatic carbocycles. The quantitative estimate of drug-likeness (QED) is 0.881. The first kappa shape index (κ1) is 15.1. The molecule has 1 amide bonds. The lowest BCUT2D eigenvalue weighted by Crippen LogP contribution is -2.49. The number of thiazole rings is 1. The summed E-state index contributed by atoms with van der Waals surface area (Å²) in [5, 5.41) is 6.00. The topological polar surface area (TPSA) is 68.0 Å². The second-order valence-corrected chi connectivity index (χ2v) is 6.54. The third kappa shape index (κ3) is 3.78. The average molecular weight is 269 g/mol. The Morgan fingerprint density at radius 1 is 1.56 bits per heavy atom. The van der Waals surface area contributed by atoms with Gasteiger partial charge >= 0.3 is 0 Å². The minimum atomic E-state index is -0.510. The maximum atomic E-state index is 12.0. The molecule has 1 rings (SSSR count). The van der Waals surface area contributed by atoms with Gasteiger partial charge in [-0.3, -0.25) is 4.79 Å². The molecule has 0 bridgehead atoms. The van der Waals surface area contributed by atoms with E-state index in [4.69, 9.17) is 5.73 Å². The van der Waals surface area contributed by atoms with Gasteiger partial charge in [0.1, 0.15) is 0 Å². The van der Waals surface area contributed by atoms with Gasteiger partial charge in [-0.15, -0.1) is 11.3 Å². The molecule has 18 heavy (non-hydrogen) atoms. The molecular weight excluding hydrogens is 246 g/mol. The number of hydrogen-bond acceptors (Lipinski definition) is 4. The van der Waals surface area contributed by atoms with E-state index in [1.54, 1.807) is 11.3 Å². The molecule has 102 valence electrons. The van der Waals surface area contributed by atoms with Crippen molar-refractivity contribution in [2.24, 2.45) is 11.1 Å². The van der Waals surface area contributed by atoms with E-state index < -0.39 is 6.04 Å². The fourth-order valence-corrected chi connectivity index (χ4v) is 2.30. The fourth-order valence-electron chi connectivity index (χ4n) is 1.46. The van der Waals surface area contributed by atoms with Gasteiger partial charge in [-0.25, -0.2) is 4.98 Å². The SMILES string of the molecule is CCc1nc(C(C)NC(=O)[C@@H](N)C(C)(C)C)cs1. The van der Waals surface area contributed by atoms with Crippen LogP contribution in [0.1, 0.15) is 51.4 Å². The van der Waals surface area contributed by atoms with Gasteiger partial charge < -0.3 is 11.1 Å². The van der Waals surface area contributed by atoms with Crippen LogP contribution >= 0.6 is 11.3 Å². The van der Waals surface area contributed by atoms with Crippen molar-refractivity contribution in [3.05, 3.63) is 16.1 Å². The number of aromatic nitrogens is 1. The van der Waals surface area contributed by atoms with E-state index in [9.17, 15) is 4.79 Å². The van der Waals surface area contributed by atoms with Gasteiger partial charge in [0.25, 0.3) is 0 Å². The van der Waals surface area contributed by atoms with E-state index in [0.717, 1.165) is 17.1 Å². The second-order valence-electron chi connectivity index (χ2n) is 5.59. The Balaban J connectivity index is 2.64. The van der Waals surface area contributed by atoms with Crippen molar-refractivity contribution in [2.45, 2.75) is 53.1 Å². The molecule has 0 aliphatic rings. The number of carbonyl (C=O) groups excluding carboxylic acids is 1. The molecule has 0 fully saturated rings. The van der Waals surface area contributed by atoms with Crippen LogP contribution in [0.3, 0.4) is 0 Å². The van der Waals surface area contributed by atoms with E-state index in [-0.39, 0.29) is 17.4 Å². The van der Waals surface area contributed by atoms with Crippen LogP contribution in [0.2, 0.25) is 0 Å². The van der Waals surface area contributed by atoms with Crippen LogP contribution < -0.4 is 11.1 Å². The highest BCUT2D eigenvalue weighted by molar-refractivity contribution is 7.09. The summed E-state index contributed by atoms with van der Waals surface area (Å²) in [6.07, 6.45) is 0.923. The van der Waals surface area contributed by atoms with E-state index in [1.807, 2.05) is 33.1 Å². The zero-order chi connectivity index (χ0) is 13.9. The van der Waals surface area contributed by atoms with Crippen LogP contribution in [0.15, 0.2) is 5.38 Å². The number of hydrogen-bond donors (Lipinski definition) is 2. The molecule has 3 N–H and O–H groups in total. The van der Waals surface area contributed by atoms with Crippen molar-refractivity contribution in [2.75, 3.05) is 0 Å². The molecule has 1 aromatic heterocycles. The maximum absolute atomic E-state index is 12.0. The standard InChI is InChI=1S/C13H23N3OS/c1-6-10-16-9(7-18-10)8(2)15-12(17)11(14)13(3,4)5/h7-8,11H,6,14H2,1-5H3,(H,15,17)/t8?,11-/m1/s1. The molecule has 1 aromatic rings. The Labute approximate surface area is 113 Å². The lowest BCUT2D eigenvalue weighted by Gasteiger charge is -2.27. The summed E-state index contributed by atoms with van der Waals surface area (Å²) in [6, 6.07) is -0.605. The molecule has 2 atom stereocenters. The predicted octanol–water partition coefficient (Wildman–Crippen LogP) is 2.26. The number of amides is 1. The molecule has 0 aliphatic heterocycles. The first-order valence-corrected chi connectivity index (χ1v) is 7.14. The minimum Gasteiger partial charge on any atom is -0.347 e. The van der Waals surface area contributed by atoms with Gasteiger partial charge in [0.05, 0.1) is 22.8 Å². The summed E-state index contributed by atoms with van der Waals surface area (Å²) in [5.41, 5.74) is 6.60. The summed E-state index contributed by atoms with van der Waals surface area (Å²) < 4.78 is 0. The van der Waals surface area contributed by atoms with Crippen molar-refractivity contribution in [1.29, 1.82) is 0 Å². The monoisotopic (exact) mass is 269 g/mol. The van der Waals surface area contributed by atoms with Crippen LogP contribution in [-0.4, -0.2) is 16.9 Å². The average Bonchev–Trinajstić information content (AvgIpc) is 2.75. The highest BCUT2D eigenvalue weighted by atomic mass is 32.1. The van der Waals surface area contributed by atoms with Gasteiger partial charge in [0.15, 0.2) is 0 Å². The van der Waals surface area contributed by atoms with E-state index in [0.29, 0.717) is 0 Å². The third-order valence-corrected chi connectivity index (χ3v) is 3.90. The summed E-state index contributed by atoms with van der Waals surface area (Å²) in [7, 11) is 0. The van der Waals surface area contributed by atoms with Crippen LogP contribution in [-0.2, 0) is 11.2 Å². The summed E-state index contributed by atoms with van der Waals surface area (Å²) in [4.78, 5) is 16.5. The Morgan fingerprint density at radius 3 is 2.61 bits per heavy atom. The summed E-state index contributed by atoms with van der Waals surface area (Å²) in [5.74, 6) is -0.124. The molecule has 0 saturated carbocycles. The van der Waals surface area contributed by atoms with E-state index in [1.165, 1.54) is 0 Å². The maximum Gasteiger partial charge on any atom is 0.237 e. The number of nitrogens with two attached hydrogens (primary N) is 1. The molecule has 0 spiro atoms. The highest BCUT2D eigenvalue weighted by Crippen LogP contribution is 2.20. The predicted molar refractivity (Wildman–Crippen MR) is 75.5 cm³/mol. The molecular formula is C13H23N3OS. The Morgan fingerprint density at radius 2 is 2.17 bits per heavy atom. The highest BCUT2D eigenvalue weighted by Gasteiger charge is 2.28. The normalized spacial score (nSPS) is 15.2. The smallest absolute Gasteiger partial charge is 0.237 e. The fraction of sp³-hybridized carbons (Fsp3) is 0.692. The lowest BCUT2D eigenvalue weighted by atomic mass is 9.87. The van der Waals surface area contributed by atoms with Crippen molar-refractivity contribution in [1.82, 2.24) is 10.3 Å². The van der Waals surface area contributed by atoms with Gasteiger partial charge in [-0.1, -0.05) is 27.7 Å². The molecule has 1 heterocycles. The zero-order valence-corrected chi connectivity index (χ0v) is 12.6. The van der Waals surface area contributed by atoms with Crippen molar-refractivity contribution in [3.8, 4) is 0 Å². The van der Waals surface area contributed by atoms with Gasteiger partial charge in [-0.05, 0) is 18.8 Å². The van der Waals surface area contributed by atoms with Gasteiger partial charge in [0.2, 0.25) is 5.91 Å². The Hall–Kier alpha value is -0.940. The zero-order valence-electron chi connectivity index (χ0n) is 11.8. The van der Waals surface area contributed by atoms with Gasteiger partial charge in [-0.2, -0.15) is 0 Å². The molecule has 0 aromatic carbocycles. The van der Waals surface area contributed by atoms with E-state index >= 15 is 0 Å². The molecule has 1 unspecified atom stereocenters. The molecule has 4 nitrogen and oxygen atoms in total. The molecule has 5 heteroatoms. The van der Waals surface area contributed by atoms with Crippen molar-refractivity contribution >= 4 is 17.2 Å². The van der Waals surface area contributed by atoms with Crippen LogP contribution in [0.4, 0.5) is 0 Å².